The number of hydrogen-bond acceptors (Lipinski definition) is 4. The molecule has 4 nitrogen and oxygen atoms in total. The molecule has 0 bridgehead atoms. The summed E-state index contributed by atoms with van der Waals surface area (Å²) in [6, 6.07) is 5.80. The van der Waals surface area contributed by atoms with Gasteiger partial charge >= 0.3 is 0 Å². The molecular weight excluding hydrogens is 290 g/mol. The van der Waals surface area contributed by atoms with Gasteiger partial charge in [-0.1, -0.05) is 13.0 Å². The van der Waals surface area contributed by atoms with Gasteiger partial charge in [0.25, 0.3) is 0 Å². The highest BCUT2D eigenvalue weighted by molar-refractivity contribution is 5.42. The first kappa shape index (κ1) is 15.4. The van der Waals surface area contributed by atoms with E-state index in [-0.39, 0.29) is 17.4 Å². The Morgan fingerprint density at radius 3 is 2.87 bits per heavy atom. The van der Waals surface area contributed by atoms with Crippen LogP contribution in [0.3, 0.4) is 0 Å². The molecule has 0 spiro atoms. The Morgan fingerprint density at radius 2 is 2.09 bits per heavy atom. The molecule has 4 N–H and O–H groups in total. The van der Waals surface area contributed by atoms with Crippen LogP contribution in [-0.2, 0) is 4.84 Å². The SMILES string of the molecule is C[C@]12CC[C@@H]3c4ccc(O)cc4[C@@H](CON)C[C@H]3[C@@H]1CCC2O. The monoisotopic (exact) mass is 317 g/mol. The van der Waals surface area contributed by atoms with Crippen molar-refractivity contribution in [3.63, 3.8) is 0 Å². The van der Waals surface area contributed by atoms with Crippen LogP contribution in [0.2, 0.25) is 0 Å². The maximum absolute atomic E-state index is 10.5. The fourth-order valence-corrected chi connectivity index (χ4v) is 5.96. The smallest absolute Gasteiger partial charge is 0.115 e. The van der Waals surface area contributed by atoms with Gasteiger partial charge in [0.05, 0.1) is 12.7 Å². The summed E-state index contributed by atoms with van der Waals surface area (Å²) in [6.07, 6.45) is 5.18. The molecule has 6 atom stereocenters. The van der Waals surface area contributed by atoms with Crippen LogP contribution in [0.15, 0.2) is 18.2 Å². The maximum Gasteiger partial charge on any atom is 0.115 e. The zero-order chi connectivity index (χ0) is 16.2. The van der Waals surface area contributed by atoms with Crippen LogP contribution in [0.5, 0.6) is 5.75 Å². The highest BCUT2D eigenvalue weighted by atomic mass is 16.6. The van der Waals surface area contributed by atoms with Gasteiger partial charge in [-0.3, -0.25) is 0 Å². The summed E-state index contributed by atoms with van der Waals surface area (Å²) in [4.78, 5) is 4.98. The quantitative estimate of drug-likeness (QED) is 0.733. The van der Waals surface area contributed by atoms with Crippen molar-refractivity contribution in [3.05, 3.63) is 29.3 Å². The standard InChI is InChI=1S/C19H27NO3/c1-19-7-6-14-13-3-2-12(21)9-15(13)11(10-23-20)8-16(14)17(19)4-5-18(19)22/h2-3,9,11,14,16-18,21-22H,4-8,10,20H2,1H3/t11-,14-,16-,17+,18?,19+/m1/s1. The molecule has 3 aliphatic rings. The van der Waals surface area contributed by atoms with Crippen LogP contribution < -0.4 is 5.90 Å². The minimum Gasteiger partial charge on any atom is -0.508 e. The highest BCUT2D eigenvalue weighted by Crippen LogP contribution is 2.62. The molecular formula is C19H27NO3. The van der Waals surface area contributed by atoms with Gasteiger partial charge in [-0.2, -0.15) is 0 Å². The first-order chi connectivity index (χ1) is 11.0. The zero-order valence-corrected chi connectivity index (χ0v) is 13.7. The maximum atomic E-state index is 10.5. The van der Waals surface area contributed by atoms with Crippen molar-refractivity contribution in [2.45, 2.75) is 57.0 Å². The summed E-state index contributed by atoms with van der Waals surface area (Å²) >= 11 is 0. The van der Waals surface area contributed by atoms with Gasteiger partial charge in [0.2, 0.25) is 0 Å². The molecule has 23 heavy (non-hydrogen) atoms. The van der Waals surface area contributed by atoms with E-state index in [1.807, 2.05) is 6.07 Å². The molecule has 0 aromatic heterocycles. The number of fused-ring (bicyclic) bond motifs is 5. The van der Waals surface area contributed by atoms with E-state index in [0.717, 1.165) is 32.1 Å². The summed E-state index contributed by atoms with van der Waals surface area (Å²) in [5, 5.41) is 20.4. The molecule has 2 fully saturated rings. The Hall–Kier alpha value is -1.10. The molecule has 0 heterocycles. The molecule has 0 radical (unpaired) electrons. The van der Waals surface area contributed by atoms with E-state index >= 15 is 0 Å². The van der Waals surface area contributed by atoms with Crippen LogP contribution in [0.25, 0.3) is 0 Å². The third kappa shape index (κ3) is 2.23. The fraction of sp³-hybridized carbons (Fsp3) is 0.684. The van der Waals surface area contributed by atoms with E-state index in [1.54, 1.807) is 6.07 Å². The predicted octanol–water partition coefficient (Wildman–Crippen LogP) is 3.04. The number of benzene rings is 1. The van der Waals surface area contributed by atoms with E-state index in [1.165, 1.54) is 11.1 Å². The number of phenolic OH excluding ortho intramolecular Hbond substituents is 1. The first-order valence-corrected chi connectivity index (χ1v) is 8.87. The summed E-state index contributed by atoms with van der Waals surface area (Å²) in [5.74, 6) is 7.65. The minimum atomic E-state index is -0.154. The second-order valence-electron chi connectivity index (χ2n) is 8.09. The molecule has 3 aliphatic carbocycles. The highest BCUT2D eigenvalue weighted by Gasteiger charge is 2.55. The lowest BCUT2D eigenvalue weighted by Crippen LogP contribution is -2.44. The predicted molar refractivity (Wildman–Crippen MR) is 87.9 cm³/mol. The van der Waals surface area contributed by atoms with Gasteiger partial charge in [-0.05, 0) is 78.5 Å². The molecule has 4 rings (SSSR count). The van der Waals surface area contributed by atoms with Crippen LogP contribution in [0.4, 0.5) is 0 Å². The van der Waals surface area contributed by atoms with Crippen molar-refractivity contribution in [2.24, 2.45) is 23.1 Å². The lowest BCUT2D eigenvalue weighted by atomic mass is 9.54. The Bertz CT molecular complexity index is 604. The van der Waals surface area contributed by atoms with Gasteiger partial charge in [0, 0.05) is 5.92 Å². The third-order valence-corrected chi connectivity index (χ3v) is 7.15. The third-order valence-electron chi connectivity index (χ3n) is 7.15. The van der Waals surface area contributed by atoms with E-state index in [4.69, 9.17) is 10.7 Å². The van der Waals surface area contributed by atoms with E-state index < -0.39 is 0 Å². The number of phenols is 1. The molecule has 2 saturated carbocycles. The van der Waals surface area contributed by atoms with Crippen LogP contribution in [0.1, 0.15) is 62.0 Å². The summed E-state index contributed by atoms with van der Waals surface area (Å²) in [5.41, 5.74) is 2.65. The molecule has 0 amide bonds. The number of hydrogen-bond donors (Lipinski definition) is 3. The summed E-state index contributed by atoms with van der Waals surface area (Å²) < 4.78 is 0. The van der Waals surface area contributed by atoms with Crippen molar-refractivity contribution in [1.29, 1.82) is 0 Å². The van der Waals surface area contributed by atoms with Gasteiger partial charge in [-0.25, -0.2) is 5.90 Å². The van der Waals surface area contributed by atoms with E-state index in [2.05, 4.69) is 13.0 Å². The molecule has 1 aromatic rings. The topological polar surface area (TPSA) is 75.7 Å². The van der Waals surface area contributed by atoms with Gasteiger partial charge in [0.15, 0.2) is 0 Å². The van der Waals surface area contributed by atoms with E-state index in [0.29, 0.717) is 30.1 Å². The van der Waals surface area contributed by atoms with Crippen LogP contribution in [-0.4, -0.2) is 22.9 Å². The normalized spacial score (nSPS) is 42.0. The number of aromatic hydroxyl groups is 1. The van der Waals surface area contributed by atoms with E-state index in [9.17, 15) is 10.2 Å². The summed E-state index contributed by atoms with van der Waals surface area (Å²) in [6.45, 7) is 2.78. The largest absolute Gasteiger partial charge is 0.508 e. The second kappa shape index (κ2) is 5.47. The molecule has 126 valence electrons. The van der Waals surface area contributed by atoms with Gasteiger partial charge in [-0.15, -0.1) is 0 Å². The Kier molecular flexibility index (Phi) is 3.67. The number of rotatable bonds is 2. The first-order valence-electron chi connectivity index (χ1n) is 8.87. The molecule has 0 aliphatic heterocycles. The average molecular weight is 317 g/mol. The van der Waals surface area contributed by atoms with Crippen molar-refractivity contribution in [2.75, 3.05) is 6.61 Å². The molecule has 1 unspecified atom stereocenters. The number of aliphatic hydroxyl groups is 1. The van der Waals surface area contributed by atoms with Crippen molar-refractivity contribution >= 4 is 0 Å². The Balaban J connectivity index is 1.74. The van der Waals surface area contributed by atoms with Crippen molar-refractivity contribution < 1.29 is 15.1 Å². The molecule has 1 aromatic carbocycles. The second-order valence-corrected chi connectivity index (χ2v) is 8.09. The number of aliphatic hydroxyl groups excluding tert-OH is 1. The fourth-order valence-electron chi connectivity index (χ4n) is 5.96. The lowest BCUT2D eigenvalue weighted by Gasteiger charge is -2.51. The van der Waals surface area contributed by atoms with Crippen LogP contribution in [0, 0.1) is 17.3 Å². The van der Waals surface area contributed by atoms with Gasteiger partial charge in [0.1, 0.15) is 5.75 Å². The minimum absolute atomic E-state index is 0.0731. The lowest BCUT2D eigenvalue weighted by molar-refractivity contribution is -0.0283. The molecule has 0 saturated heterocycles. The Labute approximate surface area is 137 Å². The van der Waals surface area contributed by atoms with Crippen LogP contribution >= 0.6 is 0 Å². The molecule has 4 heteroatoms. The zero-order valence-electron chi connectivity index (χ0n) is 13.7. The Morgan fingerprint density at radius 1 is 1.26 bits per heavy atom. The van der Waals surface area contributed by atoms with Gasteiger partial charge < -0.3 is 15.1 Å². The van der Waals surface area contributed by atoms with Crippen molar-refractivity contribution in [1.82, 2.24) is 0 Å². The number of nitrogens with two attached hydrogens (primary N) is 1. The van der Waals surface area contributed by atoms with Crippen molar-refractivity contribution in [3.8, 4) is 5.75 Å². The summed E-state index contributed by atoms with van der Waals surface area (Å²) in [7, 11) is 0. The average Bonchev–Trinajstić information content (AvgIpc) is 2.83.